The molecule has 1 saturated carbocycles. The second kappa shape index (κ2) is 9.85. The zero-order valence-electron chi connectivity index (χ0n) is 20.5. The zero-order chi connectivity index (χ0) is 25.2. The van der Waals surface area contributed by atoms with E-state index in [4.69, 9.17) is 10.5 Å². The van der Waals surface area contributed by atoms with Gasteiger partial charge in [0.25, 0.3) is 0 Å². The number of ether oxygens (including phenoxy) is 1. The van der Waals surface area contributed by atoms with Gasteiger partial charge < -0.3 is 15.6 Å². The molecule has 4 aromatic rings. The van der Waals surface area contributed by atoms with Crippen LogP contribution in [-0.2, 0) is 4.79 Å². The number of nitrogen functional groups attached to an aromatic ring is 1. The molecule has 7 nitrogen and oxygen atoms in total. The number of carboxylic acid groups (broad SMARTS) is 1. The van der Waals surface area contributed by atoms with Crippen LogP contribution in [0.3, 0.4) is 0 Å². The summed E-state index contributed by atoms with van der Waals surface area (Å²) in [5, 5.41) is 13.9. The van der Waals surface area contributed by atoms with Crippen LogP contribution in [0.4, 0.5) is 5.82 Å². The fraction of sp³-hybridized carbons (Fsp3) is 0.276. The molecule has 0 atom stereocenters. The third kappa shape index (κ3) is 4.56. The summed E-state index contributed by atoms with van der Waals surface area (Å²) in [5.41, 5.74) is 11.8. The van der Waals surface area contributed by atoms with Gasteiger partial charge in [0, 0.05) is 23.1 Å². The SMILES string of the molecule is CC(C)c1cccc(Oc2ccc(-c3c(C=CC(=O)O)c(C4CCCC4)n4ncnc(N)c34)cc2)c1. The number of hydrogen-bond acceptors (Lipinski definition) is 5. The minimum Gasteiger partial charge on any atom is -0.478 e. The summed E-state index contributed by atoms with van der Waals surface area (Å²) in [5.74, 6) is 1.56. The Morgan fingerprint density at radius 1 is 1.14 bits per heavy atom. The molecule has 1 aliphatic carbocycles. The summed E-state index contributed by atoms with van der Waals surface area (Å²) in [6, 6.07) is 15.9. The Kier molecular flexibility index (Phi) is 6.46. The van der Waals surface area contributed by atoms with E-state index in [0.29, 0.717) is 23.0 Å². The predicted octanol–water partition coefficient (Wildman–Crippen LogP) is 6.65. The number of rotatable bonds is 7. The molecule has 0 radical (unpaired) electrons. The molecule has 184 valence electrons. The molecule has 2 aromatic heterocycles. The van der Waals surface area contributed by atoms with Crippen LogP contribution in [0.1, 0.15) is 68.2 Å². The molecule has 0 amide bonds. The number of fused-ring (bicyclic) bond motifs is 1. The summed E-state index contributed by atoms with van der Waals surface area (Å²) in [4.78, 5) is 15.7. The molecule has 2 heterocycles. The Labute approximate surface area is 210 Å². The number of aromatic nitrogens is 3. The van der Waals surface area contributed by atoms with Gasteiger partial charge in [-0.05, 0) is 60.2 Å². The highest BCUT2D eigenvalue weighted by Crippen LogP contribution is 2.44. The molecule has 0 unspecified atom stereocenters. The van der Waals surface area contributed by atoms with Gasteiger partial charge in [-0.25, -0.2) is 14.3 Å². The molecule has 0 aliphatic heterocycles. The van der Waals surface area contributed by atoms with E-state index in [1.807, 2.05) is 40.9 Å². The van der Waals surface area contributed by atoms with Crippen molar-refractivity contribution in [3.05, 3.63) is 77.8 Å². The number of aliphatic carboxylic acids is 1. The minimum absolute atomic E-state index is 0.282. The molecule has 1 aliphatic rings. The first-order valence-corrected chi connectivity index (χ1v) is 12.4. The number of anilines is 1. The van der Waals surface area contributed by atoms with Crippen molar-refractivity contribution in [3.8, 4) is 22.6 Å². The molecule has 3 N–H and O–H groups in total. The predicted molar refractivity (Wildman–Crippen MR) is 141 cm³/mol. The van der Waals surface area contributed by atoms with Gasteiger partial charge in [-0.15, -0.1) is 0 Å². The average molecular weight is 483 g/mol. The second-order valence-corrected chi connectivity index (χ2v) is 9.59. The van der Waals surface area contributed by atoms with Gasteiger partial charge in [0.2, 0.25) is 0 Å². The smallest absolute Gasteiger partial charge is 0.328 e. The molecule has 0 saturated heterocycles. The average Bonchev–Trinajstić information content (AvgIpc) is 3.50. The Morgan fingerprint density at radius 2 is 1.89 bits per heavy atom. The van der Waals surface area contributed by atoms with E-state index in [2.05, 4.69) is 36.1 Å². The fourth-order valence-electron chi connectivity index (χ4n) is 5.12. The van der Waals surface area contributed by atoms with Gasteiger partial charge >= 0.3 is 5.97 Å². The number of carboxylic acids is 1. The van der Waals surface area contributed by atoms with Crippen molar-refractivity contribution in [2.75, 3.05) is 5.73 Å². The first-order chi connectivity index (χ1) is 17.4. The first-order valence-electron chi connectivity index (χ1n) is 12.4. The maximum atomic E-state index is 11.5. The van der Waals surface area contributed by atoms with Crippen LogP contribution in [0.25, 0.3) is 22.7 Å². The minimum atomic E-state index is -1.000. The Morgan fingerprint density at radius 3 is 2.58 bits per heavy atom. The number of nitrogens with two attached hydrogens (primary N) is 1. The summed E-state index contributed by atoms with van der Waals surface area (Å²) in [6.45, 7) is 4.31. The fourth-order valence-corrected chi connectivity index (χ4v) is 5.12. The lowest BCUT2D eigenvalue weighted by molar-refractivity contribution is -0.131. The lowest BCUT2D eigenvalue weighted by Crippen LogP contribution is -2.05. The third-order valence-electron chi connectivity index (χ3n) is 6.87. The highest BCUT2D eigenvalue weighted by atomic mass is 16.5. The van der Waals surface area contributed by atoms with Gasteiger partial charge in [0.1, 0.15) is 23.3 Å². The molecule has 0 bridgehead atoms. The third-order valence-corrected chi connectivity index (χ3v) is 6.87. The van der Waals surface area contributed by atoms with Crippen molar-refractivity contribution in [3.63, 3.8) is 0 Å². The molecule has 2 aromatic carbocycles. The van der Waals surface area contributed by atoms with E-state index in [9.17, 15) is 9.90 Å². The van der Waals surface area contributed by atoms with Crippen LogP contribution in [0.5, 0.6) is 11.5 Å². The van der Waals surface area contributed by atoms with Crippen LogP contribution in [0.2, 0.25) is 0 Å². The molecule has 1 fully saturated rings. The van der Waals surface area contributed by atoms with E-state index in [0.717, 1.165) is 53.8 Å². The first kappa shape index (κ1) is 23.6. The quantitative estimate of drug-likeness (QED) is 0.286. The summed E-state index contributed by atoms with van der Waals surface area (Å²) >= 11 is 0. The Bertz CT molecular complexity index is 1430. The Balaban J connectivity index is 1.60. The van der Waals surface area contributed by atoms with E-state index < -0.39 is 5.97 Å². The zero-order valence-corrected chi connectivity index (χ0v) is 20.5. The number of hydrogen-bond donors (Lipinski definition) is 2. The van der Waals surface area contributed by atoms with Gasteiger partial charge in [0.15, 0.2) is 5.82 Å². The number of carbonyl (C=O) groups is 1. The molecule has 5 rings (SSSR count). The lowest BCUT2D eigenvalue weighted by Gasteiger charge is -2.11. The van der Waals surface area contributed by atoms with E-state index >= 15 is 0 Å². The van der Waals surface area contributed by atoms with Crippen molar-refractivity contribution in [2.45, 2.75) is 51.4 Å². The standard InChI is InChI=1S/C29H30N4O3/c1-18(2)21-8-5-9-23(16-21)36-22-12-10-19(11-13-22)26-24(14-15-25(34)35)27(20-6-3-4-7-20)33-28(26)29(30)31-17-32-33/h5,8-18,20H,3-4,6-7H2,1-2H3,(H,34,35)(H2,30,31,32). The second-order valence-electron chi connectivity index (χ2n) is 9.59. The topological polar surface area (TPSA) is 103 Å². The van der Waals surface area contributed by atoms with Gasteiger partial charge in [0.05, 0.1) is 5.69 Å². The van der Waals surface area contributed by atoms with Crippen molar-refractivity contribution < 1.29 is 14.6 Å². The molecular formula is C29H30N4O3. The molecule has 7 heteroatoms. The largest absolute Gasteiger partial charge is 0.478 e. The number of benzene rings is 2. The summed E-state index contributed by atoms with van der Waals surface area (Å²) in [6.07, 6.45) is 8.65. The molecule has 36 heavy (non-hydrogen) atoms. The highest BCUT2D eigenvalue weighted by molar-refractivity contribution is 5.97. The van der Waals surface area contributed by atoms with Crippen LogP contribution >= 0.6 is 0 Å². The van der Waals surface area contributed by atoms with Crippen molar-refractivity contribution in [1.82, 2.24) is 14.6 Å². The van der Waals surface area contributed by atoms with Crippen molar-refractivity contribution in [2.24, 2.45) is 0 Å². The van der Waals surface area contributed by atoms with E-state index in [-0.39, 0.29) is 5.92 Å². The number of nitrogens with zero attached hydrogens (tertiary/aromatic N) is 3. The molecular weight excluding hydrogens is 452 g/mol. The van der Waals surface area contributed by atoms with Crippen LogP contribution in [-0.4, -0.2) is 25.7 Å². The molecule has 0 spiro atoms. The van der Waals surface area contributed by atoms with Crippen molar-refractivity contribution in [1.29, 1.82) is 0 Å². The normalized spacial score (nSPS) is 14.3. The summed E-state index contributed by atoms with van der Waals surface area (Å²) in [7, 11) is 0. The lowest BCUT2D eigenvalue weighted by atomic mass is 9.94. The van der Waals surface area contributed by atoms with Crippen molar-refractivity contribution >= 4 is 23.4 Å². The van der Waals surface area contributed by atoms with Crippen LogP contribution in [0, 0.1) is 0 Å². The summed E-state index contributed by atoms with van der Waals surface area (Å²) < 4.78 is 7.98. The van der Waals surface area contributed by atoms with Gasteiger partial charge in [-0.1, -0.05) is 51.0 Å². The van der Waals surface area contributed by atoms with Crippen LogP contribution < -0.4 is 10.5 Å². The maximum absolute atomic E-state index is 11.5. The maximum Gasteiger partial charge on any atom is 0.328 e. The van der Waals surface area contributed by atoms with Crippen LogP contribution in [0.15, 0.2) is 60.9 Å². The Hall–Kier alpha value is -4.13. The van der Waals surface area contributed by atoms with Gasteiger partial charge in [-0.2, -0.15) is 5.10 Å². The van der Waals surface area contributed by atoms with E-state index in [1.165, 1.54) is 18.0 Å². The monoisotopic (exact) mass is 482 g/mol. The highest BCUT2D eigenvalue weighted by Gasteiger charge is 2.28. The van der Waals surface area contributed by atoms with E-state index in [1.54, 1.807) is 6.08 Å². The van der Waals surface area contributed by atoms with Gasteiger partial charge in [-0.3, -0.25) is 0 Å².